The molecule has 0 radical (unpaired) electrons. The largest absolute Gasteiger partial charge is 0.487 e. The summed E-state index contributed by atoms with van der Waals surface area (Å²) in [5.41, 5.74) is 5.46. The van der Waals surface area contributed by atoms with Gasteiger partial charge in [-0.1, -0.05) is 41.9 Å². The maximum absolute atomic E-state index is 13.5. The number of ether oxygens (including phenoxy) is 1. The third-order valence-corrected chi connectivity index (χ3v) is 5.85. The maximum Gasteiger partial charge on any atom is 0.255 e. The van der Waals surface area contributed by atoms with Crippen LogP contribution in [0.1, 0.15) is 38.4 Å². The second-order valence-corrected chi connectivity index (χ2v) is 8.61. The number of benzene rings is 3. The van der Waals surface area contributed by atoms with E-state index in [0.717, 1.165) is 22.4 Å². The monoisotopic (exact) mass is 477 g/mol. The molecular weight excluding hydrogens is 453 g/mol. The first-order valence-electron chi connectivity index (χ1n) is 10.9. The number of nitrogens with one attached hydrogen (secondary N) is 1. The lowest BCUT2D eigenvalue weighted by Crippen LogP contribution is -2.13. The number of aryl methyl sites for hydroxylation is 2. The Labute approximate surface area is 203 Å². The molecule has 34 heavy (non-hydrogen) atoms. The first kappa shape index (κ1) is 23.5. The second kappa shape index (κ2) is 10.1. The summed E-state index contributed by atoms with van der Waals surface area (Å²) in [6, 6.07) is 19.3. The second-order valence-electron chi connectivity index (χ2n) is 8.21. The van der Waals surface area contributed by atoms with E-state index in [4.69, 9.17) is 16.3 Å². The molecule has 0 unspecified atom stereocenters. The number of amides is 1. The number of rotatable bonds is 7. The van der Waals surface area contributed by atoms with Gasteiger partial charge in [-0.2, -0.15) is 5.10 Å². The quantitative estimate of drug-likeness (QED) is 0.331. The fourth-order valence-electron chi connectivity index (χ4n) is 3.66. The first-order valence-corrected chi connectivity index (χ1v) is 11.3. The highest BCUT2D eigenvalue weighted by Crippen LogP contribution is 2.26. The molecule has 0 saturated heterocycles. The Morgan fingerprint density at radius 3 is 2.53 bits per heavy atom. The van der Waals surface area contributed by atoms with Gasteiger partial charge < -0.3 is 10.1 Å². The molecule has 174 valence electrons. The van der Waals surface area contributed by atoms with Gasteiger partial charge in [0.1, 0.15) is 18.2 Å². The lowest BCUT2D eigenvalue weighted by atomic mass is 10.1. The van der Waals surface area contributed by atoms with E-state index in [9.17, 15) is 9.18 Å². The highest BCUT2D eigenvalue weighted by Gasteiger charge is 2.16. The predicted molar refractivity (Wildman–Crippen MR) is 132 cm³/mol. The van der Waals surface area contributed by atoms with Gasteiger partial charge in [0, 0.05) is 5.56 Å². The summed E-state index contributed by atoms with van der Waals surface area (Å²) in [6.45, 7) is 6.45. The molecule has 0 saturated carbocycles. The highest BCUT2D eigenvalue weighted by atomic mass is 35.5. The zero-order chi connectivity index (χ0) is 24.2. The van der Waals surface area contributed by atoms with Crippen LogP contribution in [0.2, 0.25) is 5.02 Å². The third-order valence-electron chi connectivity index (χ3n) is 5.54. The van der Waals surface area contributed by atoms with E-state index in [1.165, 1.54) is 12.1 Å². The van der Waals surface area contributed by atoms with Crippen molar-refractivity contribution in [2.45, 2.75) is 33.9 Å². The summed E-state index contributed by atoms with van der Waals surface area (Å²) >= 11 is 6.18. The van der Waals surface area contributed by atoms with Gasteiger partial charge in [-0.15, -0.1) is 0 Å². The maximum atomic E-state index is 13.5. The van der Waals surface area contributed by atoms with Crippen LogP contribution >= 0.6 is 11.6 Å². The van der Waals surface area contributed by atoms with Crippen LogP contribution in [0.25, 0.3) is 0 Å². The Morgan fingerprint density at radius 1 is 1.03 bits per heavy atom. The number of hydrogen-bond acceptors (Lipinski definition) is 3. The minimum Gasteiger partial charge on any atom is -0.487 e. The van der Waals surface area contributed by atoms with Crippen molar-refractivity contribution in [2.75, 3.05) is 5.32 Å². The molecule has 5 nitrogen and oxygen atoms in total. The number of carbonyl (C=O) groups is 1. The van der Waals surface area contributed by atoms with Gasteiger partial charge in [0.2, 0.25) is 0 Å². The van der Waals surface area contributed by atoms with Crippen molar-refractivity contribution in [3.63, 3.8) is 0 Å². The molecule has 0 spiro atoms. The summed E-state index contributed by atoms with van der Waals surface area (Å²) in [5, 5.41) is 8.03. The molecule has 7 heteroatoms. The van der Waals surface area contributed by atoms with Crippen LogP contribution in [0.5, 0.6) is 5.75 Å². The van der Waals surface area contributed by atoms with Crippen molar-refractivity contribution < 1.29 is 13.9 Å². The molecule has 1 N–H and O–H groups in total. The van der Waals surface area contributed by atoms with Gasteiger partial charge in [0.05, 0.1) is 28.6 Å². The van der Waals surface area contributed by atoms with Gasteiger partial charge in [0.25, 0.3) is 5.91 Å². The molecule has 4 rings (SSSR count). The van der Waals surface area contributed by atoms with Crippen LogP contribution in [0.15, 0.2) is 66.7 Å². The Balaban J connectivity index is 1.41. The number of halogens is 2. The van der Waals surface area contributed by atoms with E-state index < -0.39 is 0 Å². The zero-order valence-corrected chi connectivity index (χ0v) is 20.0. The van der Waals surface area contributed by atoms with E-state index in [0.29, 0.717) is 40.9 Å². The molecule has 0 atom stereocenters. The minimum absolute atomic E-state index is 0.231. The molecule has 0 aliphatic heterocycles. The SMILES string of the molecule is Cc1ccc(Cl)c(OCc2ccc(C(=O)Nc3c(C)nn(Cc4cccc(F)c4)c3C)cc2)c1. The van der Waals surface area contributed by atoms with Crippen LogP contribution in [0, 0.1) is 26.6 Å². The topological polar surface area (TPSA) is 56.1 Å². The summed E-state index contributed by atoms with van der Waals surface area (Å²) in [5.74, 6) is 0.110. The lowest BCUT2D eigenvalue weighted by molar-refractivity contribution is 0.102. The van der Waals surface area contributed by atoms with Crippen LogP contribution in [-0.4, -0.2) is 15.7 Å². The molecule has 1 aromatic heterocycles. The molecule has 0 bridgehead atoms. The van der Waals surface area contributed by atoms with Crippen LogP contribution < -0.4 is 10.1 Å². The van der Waals surface area contributed by atoms with Crippen LogP contribution in [0.4, 0.5) is 10.1 Å². The van der Waals surface area contributed by atoms with Gasteiger partial charge in [0.15, 0.2) is 0 Å². The smallest absolute Gasteiger partial charge is 0.255 e. The molecule has 1 amide bonds. The van der Waals surface area contributed by atoms with Gasteiger partial charge >= 0.3 is 0 Å². The van der Waals surface area contributed by atoms with E-state index in [1.54, 1.807) is 22.9 Å². The molecule has 0 fully saturated rings. The molecular formula is C27H25ClFN3O2. The van der Waals surface area contributed by atoms with E-state index in [-0.39, 0.29) is 11.7 Å². The first-order chi connectivity index (χ1) is 16.3. The number of nitrogens with zero attached hydrogens (tertiary/aromatic N) is 2. The Kier molecular flexibility index (Phi) is 6.98. The Morgan fingerprint density at radius 2 is 1.79 bits per heavy atom. The van der Waals surface area contributed by atoms with E-state index in [1.807, 2.05) is 57.2 Å². The van der Waals surface area contributed by atoms with Gasteiger partial charge in [-0.05, 0) is 73.9 Å². The number of aromatic nitrogens is 2. The van der Waals surface area contributed by atoms with Gasteiger partial charge in [-0.25, -0.2) is 4.39 Å². The Bertz CT molecular complexity index is 1330. The third kappa shape index (κ3) is 5.46. The summed E-state index contributed by atoms with van der Waals surface area (Å²) in [6.07, 6.45) is 0. The molecule has 4 aromatic rings. The average Bonchev–Trinajstić information content (AvgIpc) is 3.07. The molecule has 1 heterocycles. The summed E-state index contributed by atoms with van der Waals surface area (Å²) in [7, 11) is 0. The fraction of sp³-hybridized carbons (Fsp3) is 0.185. The molecule has 0 aliphatic carbocycles. The minimum atomic E-state index is -0.289. The van der Waals surface area contributed by atoms with Crippen molar-refractivity contribution >= 4 is 23.2 Å². The number of anilines is 1. The van der Waals surface area contributed by atoms with Crippen molar-refractivity contribution in [3.8, 4) is 5.75 Å². The van der Waals surface area contributed by atoms with E-state index in [2.05, 4.69) is 10.4 Å². The highest BCUT2D eigenvalue weighted by molar-refractivity contribution is 6.32. The van der Waals surface area contributed by atoms with Crippen molar-refractivity contribution in [2.24, 2.45) is 0 Å². The van der Waals surface area contributed by atoms with Crippen molar-refractivity contribution in [3.05, 3.63) is 111 Å². The molecule has 0 aliphatic rings. The van der Waals surface area contributed by atoms with Gasteiger partial charge in [-0.3, -0.25) is 9.48 Å². The van der Waals surface area contributed by atoms with Crippen molar-refractivity contribution in [1.29, 1.82) is 0 Å². The standard InChI is InChI=1S/C27H25ClFN3O2/c1-17-7-12-24(28)25(13-17)34-16-20-8-10-22(11-9-20)27(33)30-26-18(2)31-32(19(26)3)15-21-5-4-6-23(29)14-21/h4-14H,15-16H2,1-3H3,(H,30,33). The Hall–Kier alpha value is -3.64. The molecule has 3 aromatic carbocycles. The number of carbonyl (C=O) groups excluding carboxylic acids is 1. The number of hydrogen-bond donors (Lipinski definition) is 1. The fourth-order valence-corrected chi connectivity index (χ4v) is 3.83. The predicted octanol–water partition coefficient (Wildman–Crippen LogP) is 6.48. The van der Waals surface area contributed by atoms with Crippen molar-refractivity contribution in [1.82, 2.24) is 9.78 Å². The average molecular weight is 478 g/mol. The normalized spacial score (nSPS) is 10.9. The zero-order valence-electron chi connectivity index (χ0n) is 19.2. The van der Waals surface area contributed by atoms with Crippen LogP contribution in [0.3, 0.4) is 0 Å². The van der Waals surface area contributed by atoms with E-state index >= 15 is 0 Å². The summed E-state index contributed by atoms with van der Waals surface area (Å²) in [4.78, 5) is 12.9. The van der Waals surface area contributed by atoms with Crippen LogP contribution in [-0.2, 0) is 13.2 Å². The summed E-state index contributed by atoms with van der Waals surface area (Å²) < 4.78 is 21.1. The lowest BCUT2D eigenvalue weighted by Gasteiger charge is -2.10.